The summed E-state index contributed by atoms with van der Waals surface area (Å²) in [6.07, 6.45) is 1.82. The van der Waals surface area contributed by atoms with Gasteiger partial charge in [-0.2, -0.15) is 5.26 Å². The van der Waals surface area contributed by atoms with Crippen molar-refractivity contribution in [2.75, 3.05) is 33.8 Å². The number of benzene rings is 2. The van der Waals surface area contributed by atoms with Gasteiger partial charge in [0, 0.05) is 9.13 Å². The maximum absolute atomic E-state index is 15.7. The standard InChI is InChI=1S/C22H20FIN2O5S/c1-28-17-8-15(19(23)16-11-30-12-31-21(16)17)20(22(32-3)26-10-18(27)29-2)24-14-6-4-13(9-25)5-7-14/h4-8H,10-12H2,1-3H3. The summed E-state index contributed by atoms with van der Waals surface area (Å²) >= 11 is 0.380. The number of esters is 1. The molecule has 0 saturated heterocycles. The van der Waals surface area contributed by atoms with Crippen molar-refractivity contribution in [3.63, 3.8) is 0 Å². The highest BCUT2D eigenvalue weighted by atomic mass is 127. The summed E-state index contributed by atoms with van der Waals surface area (Å²) in [5.74, 6) is -0.232. The van der Waals surface area contributed by atoms with E-state index in [1.54, 1.807) is 18.2 Å². The lowest BCUT2D eigenvalue weighted by atomic mass is 10.0. The highest BCUT2D eigenvalue weighted by Gasteiger charge is 2.27. The molecular formula is C22H20FIN2O5S. The van der Waals surface area contributed by atoms with Gasteiger partial charge in [0.1, 0.15) is 17.4 Å². The highest BCUT2D eigenvalue weighted by Crippen LogP contribution is 2.39. The molecule has 0 N–H and O–H groups in total. The Morgan fingerprint density at radius 3 is 2.72 bits per heavy atom. The van der Waals surface area contributed by atoms with E-state index in [0.717, 1.165) is 3.57 Å². The van der Waals surface area contributed by atoms with Crippen molar-refractivity contribution in [1.29, 1.82) is 5.26 Å². The molecule has 0 spiro atoms. The second-order valence-electron chi connectivity index (χ2n) is 6.29. The van der Waals surface area contributed by atoms with Crippen molar-refractivity contribution in [2.45, 2.75) is 6.61 Å². The monoisotopic (exact) mass is 570 g/mol. The number of carbonyl (C=O) groups excluding carboxylic acids is 1. The molecule has 0 unspecified atom stereocenters. The number of nitriles is 1. The Hall–Kier alpha value is -2.49. The van der Waals surface area contributed by atoms with Gasteiger partial charge in [-0.1, -0.05) is 20.7 Å². The predicted molar refractivity (Wildman–Crippen MR) is 129 cm³/mol. The maximum atomic E-state index is 15.7. The third-order valence-electron chi connectivity index (χ3n) is 4.40. The molecule has 2 aromatic rings. The fourth-order valence-corrected chi connectivity index (χ4v) is 6.67. The molecule has 1 aliphatic rings. The van der Waals surface area contributed by atoms with Crippen LogP contribution in [-0.4, -0.2) is 48.3 Å². The zero-order chi connectivity index (χ0) is 23.1. The molecule has 0 aliphatic carbocycles. The van der Waals surface area contributed by atoms with Crippen LogP contribution in [0.4, 0.5) is 4.39 Å². The SMILES string of the molecule is COC(=O)CN=C(SC)C(=Ic1ccc(C#N)cc1)c1cc(OC)c2c(c1F)COCO2. The lowest BCUT2D eigenvalue weighted by Crippen LogP contribution is -2.19. The Labute approximate surface area is 199 Å². The van der Waals surface area contributed by atoms with Crippen LogP contribution >= 0.6 is 32.5 Å². The Bertz CT molecular complexity index is 1110. The van der Waals surface area contributed by atoms with E-state index in [1.165, 1.54) is 26.0 Å². The van der Waals surface area contributed by atoms with Gasteiger partial charge in [0.05, 0.1) is 41.5 Å². The molecule has 1 aliphatic heterocycles. The summed E-state index contributed by atoms with van der Waals surface area (Å²) in [5.41, 5.74) is 1.14. The van der Waals surface area contributed by atoms with Crippen molar-refractivity contribution in [1.82, 2.24) is 0 Å². The summed E-state index contributed by atoms with van der Waals surface area (Å²) in [7, 11) is 2.78. The molecule has 0 atom stereocenters. The summed E-state index contributed by atoms with van der Waals surface area (Å²) in [6, 6.07) is 10.8. The first-order valence-electron chi connectivity index (χ1n) is 9.30. The first kappa shape index (κ1) is 24.2. The second-order valence-corrected chi connectivity index (χ2v) is 9.95. The minimum absolute atomic E-state index is 0.0214. The fraction of sp³-hybridized carbons (Fsp3) is 0.273. The molecule has 3 rings (SSSR count). The van der Waals surface area contributed by atoms with Crippen LogP contribution in [0.5, 0.6) is 11.5 Å². The van der Waals surface area contributed by atoms with E-state index in [1.807, 2.05) is 18.4 Å². The fourth-order valence-electron chi connectivity index (χ4n) is 2.84. The number of ether oxygens (including phenoxy) is 4. The highest BCUT2D eigenvalue weighted by molar-refractivity contribution is 14.2. The average molecular weight is 570 g/mol. The second kappa shape index (κ2) is 11.4. The molecule has 0 fully saturated rings. The molecule has 0 radical (unpaired) electrons. The molecule has 7 nitrogen and oxygen atoms in total. The van der Waals surface area contributed by atoms with Crippen LogP contribution in [-0.2, 0) is 20.9 Å². The number of methoxy groups -OCH3 is 2. The first-order chi connectivity index (χ1) is 15.5. The van der Waals surface area contributed by atoms with E-state index >= 15 is 4.39 Å². The Morgan fingerprint density at radius 2 is 2.09 bits per heavy atom. The number of aliphatic imine (C=N–C) groups is 1. The van der Waals surface area contributed by atoms with E-state index in [4.69, 9.17) is 24.2 Å². The van der Waals surface area contributed by atoms with Gasteiger partial charge in [0.25, 0.3) is 0 Å². The third-order valence-corrected chi connectivity index (χ3v) is 8.46. The van der Waals surface area contributed by atoms with Crippen LogP contribution in [0.1, 0.15) is 16.7 Å². The molecule has 168 valence electrons. The van der Waals surface area contributed by atoms with Crippen LogP contribution in [0.25, 0.3) is 0 Å². The Morgan fingerprint density at radius 1 is 1.34 bits per heavy atom. The third kappa shape index (κ3) is 5.46. The van der Waals surface area contributed by atoms with Crippen LogP contribution in [0, 0.1) is 20.7 Å². The average Bonchev–Trinajstić information content (AvgIpc) is 2.84. The number of nitrogens with zero attached hydrogens (tertiary/aromatic N) is 2. The zero-order valence-corrected chi connectivity index (χ0v) is 20.6. The van der Waals surface area contributed by atoms with Gasteiger partial charge in [0.15, 0.2) is 18.3 Å². The number of rotatable bonds is 6. The number of thioether (sulfide) groups is 1. The van der Waals surface area contributed by atoms with E-state index in [9.17, 15) is 4.79 Å². The molecule has 0 amide bonds. The molecule has 0 saturated carbocycles. The lowest BCUT2D eigenvalue weighted by molar-refractivity contribution is -0.138. The van der Waals surface area contributed by atoms with Crippen molar-refractivity contribution in [3.05, 3.63) is 56.4 Å². The van der Waals surface area contributed by atoms with Crippen LogP contribution in [0.2, 0.25) is 0 Å². The van der Waals surface area contributed by atoms with Crippen molar-refractivity contribution < 1.29 is 28.1 Å². The lowest BCUT2D eigenvalue weighted by Gasteiger charge is -2.23. The molecular weight excluding hydrogens is 550 g/mol. The van der Waals surface area contributed by atoms with E-state index in [2.05, 4.69) is 11.1 Å². The summed E-state index contributed by atoms with van der Waals surface area (Å²) in [4.78, 5) is 16.1. The summed E-state index contributed by atoms with van der Waals surface area (Å²) < 4.78 is 38.2. The maximum Gasteiger partial charge on any atom is 0.327 e. The summed E-state index contributed by atoms with van der Waals surface area (Å²) in [5, 5.41) is 9.60. The number of hydrogen-bond acceptors (Lipinski definition) is 8. The van der Waals surface area contributed by atoms with Gasteiger partial charge >= 0.3 is 5.97 Å². The van der Waals surface area contributed by atoms with Gasteiger partial charge in [-0.3, -0.25) is 9.79 Å². The largest absolute Gasteiger partial charge is 0.493 e. The van der Waals surface area contributed by atoms with Gasteiger partial charge in [0.2, 0.25) is 0 Å². The quantitative estimate of drug-likeness (QED) is 0.226. The topological polar surface area (TPSA) is 90.1 Å². The van der Waals surface area contributed by atoms with E-state index < -0.39 is 32.5 Å². The summed E-state index contributed by atoms with van der Waals surface area (Å²) in [6.45, 7) is -0.0987. The number of halogens is 2. The normalized spacial score (nSPS) is 13.8. The van der Waals surface area contributed by atoms with Crippen molar-refractivity contribution in [3.8, 4) is 17.6 Å². The molecule has 32 heavy (non-hydrogen) atoms. The van der Waals surface area contributed by atoms with Crippen LogP contribution in [0.15, 0.2) is 35.3 Å². The Kier molecular flexibility index (Phi) is 8.60. The van der Waals surface area contributed by atoms with E-state index in [-0.39, 0.29) is 25.5 Å². The predicted octanol–water partition coefficient (Wildman–Crippen LogP) is 3.87. The first-order valence-corrected chi connectivity index (χ1v) is 12.7. The number of carbonyl (C=O) groups is 1. The number of fused-ring (bicyclic) bond motifs is 1. The molecule has 0 bridgehead atoms. The van der Waals surface area contributed by atoms with Gasteiger partial charge in [-0.15, -0.1) is 11.8 Å². The van der Waals surface area contributed by atoms with Crippen molar-refractivity contribution >= 4 is 47.0 Å². The molecule has 10 heteroatoms. The number of hydrogen-bond donors (Lipinski definition) is 0. The van der Waals surface area contributed by atoms with E-state index in [0.29, 0.717) is 31.2 Å². The Balaban J connectivity index is 2.21. The zero-order valence-electron chi connectivity index (χ0n) is 17.6. The van der Waals surface area contributed by atoms with Crippen LogP contribution < -0.4 is 9.47 Å². The van der Waals surface area contributed by atoms with Crippen molar-refractivity contribution in [2.24, 2.45) is 4.99 Å². The van der Waals surface area contributed by atoms with Gasteiger partial charge < -0.3 is 18.9 Å². The molecule has 1 heterocycles. The molecule has 2 aromatic carbocycles. The van der Waals surface area contributed by atoms with Gasteiger partial charge in [-0.05, 0) is 36.6 Å². The smallest absolute Gasteiger partial charge is 0.327 e. The van der Waals surface area contributed by atoms with Crippen LogP contribution in [0.3, 0.4) is 0 Å². The molecule has 0 aromatic heterocycles. The minimum Gasteiger partial charge on any atom is -0.493 e. The van der Waals surface area contributed by atoms with Gasteiger partial charge in [-0.25, -0.2) is 4.39 Å². The minimum atomic E-state index is -0.942.